The van der Waals surface area contributed by atoms with Crippen LogP contribution in [-0.4, -0.2) is 0 Å². The van der Waals surface area contributed by atoms with Crippen molar-refractivity contribution in [1.29, 1.82) is 0 Å². The zero-order chi connectivity index (χ0) is 10.8. The first-order valence-electron chi connectivity index (χ1n) is 4.70. The van der Waals surface area contributed by atoms with E-state index in [0.29, 0.717) is 0 Å². The summed E-state index contributed by atoms with van der Waals surface area (Å²) in [7, 11) is 0. The van der Waals surface area contributed by atoms with Gasteiger partial charge < -0.3 is 0 Å². The molecule has 0 nitrogen and oxygen atoms in total. The van der Waals surface area contributed by atoms with E-state index in [1.165, 1.54) is 5.57 Å². The molecule has 0 amide bonds. The van der Waals surface area contributed by atoms with Crippen molar-refractivity contribution in [2.45, 2.75) is 13.8 Å². The van der Waals surface area contributed by atoms with Crippen LogP contribution < -0.4 is 0 Å². The van der Waals surface area contributed by atoms with Crippen molar-refractivity contribution in [2.75, 3.05) is 0 Å². The van der Waals surface area contributed by atoms with Crippen LogP contribution in [0.15, 0.2) is 72.9 Å². The molecule has 14 heavy (non-hydrogen) atoms. The molecule has 0 aliphatic rings. The molecule has 0 saturated carbocycles. The Balaban J connectivity index is 4.62. The van der Waals surface area contributed by atoms with Crippen LogP contribution >= 0.6 is 0 Å². The molecule has 0 radical (unpaired) electrons. The van der Waals surface area contributed by atoms with Crippen molar-refractivity contribution < 1.29 is 0 Å². The highest BCUT2D eigenvalue weighted by Gasteiger charge is 1.84. The Morgan fingerprint density at radius 3 is 2.00 bits per heavy atom. The lowest BCUT2D eigenvalue weighted by Gasteiger charge is -1.93. The minimum Gasteiger partial charge on any atom is -0.0990 e. The Labute approximate surface area is 87.3 Å². The number of hydrogen-bond donors (Lipinski definition) is 0. The fraction of sp³-hybridized carbons (Fsp3) is 0.143. The Morgan fingerprint density at radius 2 is 1.57 bits per heavy atom. The quantitative estimate of drug-likeness (QED) is 0.559. The van der Waals surface area contributed by atoms with Gasteiger partial charge in [0.2, 0.25) is 0 Å². The van der Waals surface area contributed by atoms with E-state index in [0.717, 1.165) is 5.57 Å². The Morgan fingerprint density at radius 1 is 0.929 bits per heavy atom. The Kier molecular flexibility index (Phi) is 7.16. The van der Waals surface area contributed by atoms with Crippen LogP contribution in [0.4, 0.5) is 0 Å². The van der Waals surface area contributed by atoms with Gasteiger partial charge in [0, 0.05) is 0 Å². The van der Waals surface area contributed by atoms with Gasteiger partial charge in [0.1, 0.15) is 0 Å². The monoisotopic (exact) mass is 186 g/mol. The third-order valence-corrected chi connectivity index (χ3v) is 1.71. The second-order valence-electron chi connectivity index (χ2n) is 2.73. The maximum absolute atomic E-state index is 3.72. The first kappa shape index (κ1) is 12.4. The van der Waals surface area contributed by atoms with Crippen molar-refractivity contribution in [3.05, 3.63) is 72.9 Å². The van der Waals surface area contributed by atoms with Crippen molar-refractivity contribution in [2.24, 2.45) is 0 Å². The fourth-order valence-corrected chi connectivity index (χ4v) is 0.961. The van der Waals surface area contributed by atoms with Crippen LogP contribution in [0.3, 0.4) is 0 Å². The molecule has 0 bridgehead atoms. The van der Waals surface area contributed by atoms with Crippen LogP contribution in [0.25, 0.3) is 0 Å². The van der Waals surface area contributed by atoms with Crippen LogP contribution in [0, 0.1) is 0 Å². The third-order valence-electron chi connectivity index (χ3n) is 1.71. The summed E-state index contributed by atoms with van der Waals surface area (Å²) in [5, 5.41) is 0. The first-order valence-corrected chi connectivity index (χ1v) is 4.70. The smallest absolute Gasteiger partial charge is 0.0263 e. The summed E-state index contributed by atoms with van der Waals surface area (Å²) in [6.07, 6.45) is 15.7. The molecule has 0 aromatic heterocycles. The number of rotatable bonds is 5. The normalized spacial score (nSPS) is 13.9. The SMILES string of the molecule is C=C/C=C(C=C)/C=C\C(\C=C/C)=C\C. The molecule has 0 rings (SSSR count). The Hall–Kier alpha value is -1.56. The van der Waals surface area contributed by atoms with E-state index in [4.69, 9.17) is 0 Å². The van der Waals surface area contributed by atoms with Crippen LogP contribution in [0.1, 0.15) is 13.8 Å². The maximum atomic E-state index is 3.72. The molecule has 0 atom stereocenters. The van der Waals surface area contributed by atoms with Gasteiger partial charge in [-0.3, -0.25) is 0 Å². The summed E-state index contributed by atoms with van der Waals surface area (Å²) >= 11 is 0. The van der Waals surface area contributed by atoms with Gasteiger partial charge in [-0.25, -0.2) is 0 Å². The van der Waals surface area contributed by atoms with Gasteiger partial charge in [0.25, 0.3) is 0 Å². The summed E-state index contributed by atoms with van der Waals surface area (Å²) in [5.41, 5.74) is 2.24. The van der Waals surface area contributed by atoms with Gasteiger partial charge in [-0.05, 0) is 25.0 Å². The third kappa shape index (κ3) is 5.15. The summed E-state index contributed by atoms with van der Waals surface area (Å²) in [4.78, 5) is 0. The van der Waals surface area contributed by atoms with E-state index in [9.17, 15) is 0 Å². The maximum Gasteiger partial charge on any atom is -0.0263 e. The lowest BCUT2D eigenvalue weighted by molar-refractivity contribution is 1.56. The molecule has 0 aromatic carbocycles. The summed E-state index contributed by atoms with van der Waals surface area (Å²) in [5.74, 6) is 0. The second-order valence-corrected chi connectivity index (χ2v) is 2.73. The van der Waals surface area contributed by atoms with E-state index >= 15 is 0 Å². The molecule has 0 saturated heterocycles. The van der Waals surface area contributed by atoms with Gasteiger partial charge in [0.05, 0.1) is 0 Å². The second kappa shape index (κ2) is 8.06. The van der Waals surface area contributed by atoms with E-state index in [1.807, 2.05) is 32.1 Å². The van der Waals surface area contributed by atoms with Crippen molar-refractivity contribution in [3.63, 3.8) is 0 Å². The summed E-state index contributed by atoms with van der Waals surface area (Å²) < 4.78 is 0. The summed E-state index contributed by atoms with van der Waals surface area (Å²) in [6.45, 7) is 11.4. The van der Waals surface area contributed by atoms with E-state index in [-0.39, 0.29) is 0 Å². The molecule has 0 heteroatoms. The highest BCUT2D eigenvalue weighted by molar-refractivity contribution is 5.39. The fourth-order valence-electron chi connectivity index (χ4n) is 0.961. The highest BCUT2D eigenvalue weighted by atomic mass is 13.9. The molecule has 0 N–H and O–H groups in total. The minimum absolute atomic E-state index is 1.06. The average Bonchev–Trinajstić information content (AvgIpc) is 2.22. The van der Waals surface area contributed by atoms with Gasteiger partial charge in [-0.1, -0.05) is 61.8 Å². The zero-order valence-corrected chi connectivity index (χ0v) is 9.03. The zero-order valence-electron chi connectivity index (χ0n) is 9.03. The van der Waals surface area contributed by atoms with Gasteiger partial charge >= 0.3 is 0 Å². The van der Waals surface area contributed by atoms with Crippen molar-refractivity contribution >= 4 is 0 Å². The highest BCUT2D eigenvalue weighted by Crippen LogP contribution is 2.04. The van der Waals surface area contributed by atoms with Crippen molar-refractivity contribution in [3.8, 4) is 0 Å². The lowest BCUT2D eigenvalue weighted by atomic mass is 10.1. The Bertz CT molecular complexity index is 296. The van der Waals surface area contributed by atoms with E-state index < -0.39 is 0 Å². The standard InChI is InChI=1S/C14H18/c1-5-9-13(7-3)11-12-14(8-4)10-6-2/h5-12H,1,3H2,2,4H3/b10-6-,12-11-,13-9+,14-8+. The average molecular weight is 186 g/mol. The van der Waals surface area contributed by atoms with Crippen LogP contribution in [-0.2, 0) is 0 Å². The number of hydrogen-bond acceptors (Lipinski definition) is 0. The van der Waals surface area contributed by atoms with Crippen molar-refractivity contribution in [1.82, 2.24) is 0 Å². The minimum atomic E-state index is 1.06. The van der Waals surface area contributed by atoms with Gasteiger partial charge in [-0.15, -0.1) is 0 Å². The largest absolute Gasteiger partial charge is 0.0990 e. The summed E-state index contributed by atoms with van der Waals surface area (Å²) in [6, 6.07) is 0. The molecule has 0 heterocycles. The van der Waals surface area contributed by atoms with Gasteiger partial charge in [0.15, 0.2) is 0 Å². The molecule has 0 fully saturated rings. The van der Waals surface area contributed by atoms with Crippen LogP contribution in [0.2, 0.25) is 0 Å². The number of allylic oxidation sites excluding steroid dienone is 10. The molecule has 74 valence electrons. The predicted molar refractivity (Wildman–Crippen MR) is 66.2 cm³/mol. The van der Waals surface area contributed by atoms with Crippen LogP contribution in [0.5, 0.6) is 0 Å². The molecule has 0 unspecified atom stereocenters. The molecule has 0 aliphatic carbocycles. The molecule has 0 aliphatic heterocycles. The molecule has 0 aromatic rings. The van der Waals surface area contributed by atoms with E-state index in [1.54, 1.807) is 12.2 Å². The molecular weight excluding hydrogens is 168 g/mol. The topological polar surface area (TPSA) is 0 Å². The molecular formula is C14H18. The van der Waals surface area contributed by atoms with E-state index in [2.05, 4.69) is 31.4 Å². The predicted octanol–water partition coefficient (Wildman–Crippen LogP) is 4.36. The first-order chi connectivity index (χ1) is 6.78. The lowest BCUT2D eigenvalue weighted by Crippen LogP contribution is -1.72. The van der Waals surface area contributed by atoms with Gasteiger partial charge in [-0.2, -0.15) is 0 Å². The molecule has 0 spiro atoms.